The second-order valence-electron chi connectivity index (χ2n) is 3.75. The van der Waals surface area contributed by atoms with Crippen molar-refractivity contribution in [3.05, 3.63) is 46.8 Å². The highest BCUT2D eigenvalue weighted by Gasteiger charge is 2.13. The molecule has 0 saturated heterocycles. The largest absolute Gasteiger partial charge is 0.324 e. The zero-order valence-electron chi connectivity index (χ0n) is 8.76. The summed E-state index contributed by atoms with van der Waals surface area (Å²) in [5, 5.41) is 0.123. The van der Waals surface area contributed by atoms with Crippen molar-refractivity contribution in [3.63, 3.8) is 0 Å². The van der Waals surface area contributed by atoms with E-state index >= 15 is 0 Å². The Morgan fingerprint density at radius 1 is 1.60 bits per heavy atom. The quantitative estimate of drug-likeness (QED) is 0.778. The second-order valence-corrected chi connectivity index (χ2v) is 4.15. The molecule has 0 fully saturated rings. The standard InChI is InChI=1S/C12H15ClFN/c1-8(2)6-7-11(15)9-4-3-5-10(13)12(9)14/h3-5,11H,1,6-7,15H2,2H3. The minimum atomic E-state index is -0.409. The van der Waals surface area contributed by atoms with Gasteiger partial charge in [-0.25, -0.2) is 4.39 Å². The smallest absolute Gasteiger partial charge is 0.146 e. The first-order valence-corrected chi connectivity index (χ1v) is 5.24. The van der Waals surface area contributed by atoms with E-state index < -0.39 is 5.82 Å². The molecule has 1 nitrogen and oxygen atoms in total. The Morgan fingerprint density at radius 3 is 2.87 bits per heavy atom. The first-order chi connectivity index (χ1) is 7.02. The predicted molar refractivity (Wildman–Crippen MR) is 62.4 cm³/mol. The van der Waals surface area contributed by atoms with Crippen molar-refractivity contribution in [2.24, 2.45) is 5.73 Å². The van der Waals surface area contributed by atoms with E-state index in [1.807, 2.05) is 6.92 Å². The minimum absolute atomic E-state index is 0.123. The molecule has 1 aromatic rings. The molecule has 2 N–H and O–H groups in total. The number of benzene rings is 1. The van der Waals surface area contributed by atoms with Crippen LogP contribution in [0.3, 0.4) is 0 Å². The van der Waals surface area contributed by atoms with Gasteiger partial charge in [-0.05, 0) is 25.8 Å². The summed E-state index contributed by atoms with van der Waals surface area (Å²) < 4.78 is 13.5. The van der Waals surface area contributed by atoms with Gasteiger partial charge in [0.1, 0.15) is 5.82 Å². The number of rotatable bonds is 4. The highest BCUT2D eigenvalue weighted by Crippen LogP contribution is 2.25. The lowest BCUT2D eigenvalue weighted by Gasteiger charge is -2.13. The van der Waals surface area contributed by atoms with Gasteiger partial charge in [0.2, 0.25) is 0 Å². The lowest BCUT2D eigenvalue weighted by atomic mass is 10.0. The van der Waals surface area contributed by atoms with E-state index in [4.69, 9.17) is 17.3 Å². The summed E-state index contributed by atoms with van der Waals surface area (Å²) >= 11 is 5.67. The normalized spacial score (nSPS) is 12.5. The fraction of sp³-hybridized carbons (Fsp3) is 0.333. The fourth-order valence-electron chi connectivity index (χ4n) is 1.36. The summed E-state index contributed by atoms with van der Waals surface area (Å²) in [5.74, 6) is -0.409. The Bertz CT molecular complexity index is 363. The maximum absolute atomic E-state index is 13.5. The molecule has 3 heteroatoms. The fourth-order valence-corrected chi connectivity index (χ4v) is 1.55. The average Bonchev–Trinajstić information content (AvgIpc) is 2.18. The summed E-state index contributed by atoms with van der Waals surface area (Å²) in [6, 6.07) is 4.58. The van der Waals surface area contributed by atoms with Gasteiger partial charge >= 0.3 is 0 Å². The maximum Gasteiger partial charge on any atom is 0.146 e. The van der Waals surface area contributed by atoms with Crippen molar-refractivity contribution in [2.45, 2.75) is 25.8 Å². The van der Waals surface area contributed by atoms with Crippen LogP contribution in [0.5, 0.6) is 0 Å². The van der Waals surface area contributed by atoms with Crippen molar-refractivity contribution in [3.8, 4) is 0 Å². The van der Waals surface area contributed by atoms with Crippen LogP contribution < -0.4 is 5.73 Å². The van der Waals surface area contributed by atoms with Gasteiger partial charge in [0.05, 0.1) is 5.02 Å². The molecule has 1 rings (SSSR count). The highest BCUT2D eigenvalue weighted by molar-refractivity contribution is 6.30. The number of halogens is 2. The Hall–Kier alpha value is -0.860. The number of hydrogen-bond donors (Lipinski definition) is 1. The van der Waals surface area contributed by atoms with Crippen LogP contribution in [0, 0.1) is 5.82 Å². The Labute approximate surface area is 94.7 Å². The molecule has 0 aliphatic carbocycles. The van der Waals surface area contributed by atoms with Crippen LogP contribution in [-0.2, 0) is 0 Å². The van der Waals surface area contributed by atoms with Crippen LogP contribution in [0.25, 0.3) is 0 Å². The molecule has 1 atom stereocenters. The molecule has 15 heavy (non-hydrogen) atoms. The van der Waals surface area contributed by atoms with Crippen LogP contribution in [0.15, 0.2) is 30.4 Å². The van der Waals surface area contributed by atoms with Crippen molar-refractivity contribution in [1.82, 2.24) is 0 Å². The monoisotopic (exact) mass is 227 g/mol. The zero-order chi connectivity index (χ0) is 11.4. The Morgan fingerprint density at radius 2 is 2.27 bits per heavy atom. The number of allylic oxidation sites excluding steroid dienone is 1. The molecule has 0 aliphatic heterocycles. The molecule has 82 valence electrons. The van der Waals surface area contributed by atoms with Gasteiger partial charge < -0.3 is 5.73 Å². The number of nitrogens with two attached hydrogens (primary N) is 1. The molecule has 0 saturated carbocycles. The van der Waals surface area contributed by atoms with Gasteiger partial charge in [0.15, 0.2) is 0 Å². The second kappa shape index (κ2) is 5.29. The summed E-state index contributed by atoms with van der Waals surface area (Å²) in [6.45, 7) is 5.72. The van der Waals surface area contributed by atoms with E-state index in [1.165, 1.54) is 6.07 Å². The van der Waals surface area contributed by atoms with Crippen LogP contribution in [0.2, 0.25) is 5.02 Å². The van der Waals surface area contributed by atoms with Gasteiger partial charge in [0.25, 0.3) is 0 Å². The van der Waals surface area contributed by atoms with Crippen LogP contribution >= 0.6 is 11.6 Å². The first kappa shape index (κ1) is 12.2. The highest BCUT2D eigenvalue weighted by atomic mass is 35.5. The molecule has 1 aromatic carbocycles. The lowest BCUT2D eigenvalue weighted by molar-refractivity contribution is 0.563. The van der Waals surface area contributed by atoms with E-state index in [9.17, 15) is 4.39 Å². The number of hydrogen-bond acceptors (Lipinski definition) is 1. The molecule has 0 aliphatic rings. The summed E-state index contributed by atoms with van der Waals surface area (Å²) in [4.78, 5) is 0. The zero-order valence-corrected chi connectivity index (χ0v) is 9.52. The molecular formula is C12H15ClFN. The molecule has 0 radical (unpaired) electrons. The van der Waals surface area contributed by atoms with E-state index in [2.05, 4.69) is 6.58 Å². The average molecular weight is 228 g/mol. The van der Waals surface area contributed by atoms with Crippen molar-refractivity contribution >= 4 is 11.6 Å². The van der Waals surface area contributed by atoms with Gasteiger partial charge in [0, 0.05) is 11.6 Å². The van der Waals surface area contributed by atoms with E-state index in [0.29, 0.717) is 12.0 Å². The topological polar surface area (TPSA) is 26.0 Å². The third kappa shape index (κ3) is 3.33. The van der Waals surface area contributed by atoms with E-state index in [1.54, 1.807) is 12.1 Å². The van der Waals surface area contributed by atoms with Crippen molar-refractivity contribution in [2.75, 3.05) is 0 Å². The van der Waals surface area contributed by atoms with Gasteiger partial charge in [-0.3, -0.25) is 0 Å². The van der Waals surface area contributed by atoms with Crippen LogP contribution in [0.1, 0.15) is 31.4 Å². The van der Waals surface area contributed by atoms with Gasteiger partial charge in [-0.2, -0.15) is 0 Å². The van der Waals surface area contributed by atoms with Crippen LogP contribution in [-0.4, -0.2) is 0 Å². The van der Waals surface area contributed by atoms with Gasteiger partial charge in [-0.15, -0.1) is 6.58 Å². The third-order valence-electron chi connectivity index (χ3n) is 2.26. The molecule has 0 aromatic heterocycles. The molecular weight excluding hydrogens is 213 g/mol. The Kier molecular flexibility index (Phi) is 4.30. The summed E-state index contributed by atoms with van der Waals surface area (Å²) in [7, 11) is 0. The SMILES string of the molecule is C=C(C)CCC(N)c1cccc(Cl)c1F. The van der Waals surface area contributed by atoms with Gasteiger partial charge in [-0.1, -0.05) is 29.3 Å². The minimum Gasteiger partial charge on any atom is -0.324 e. The third-order valence-corrected chi connectivity index (χ3v) is 2.55. The molecule has 0 bridgehead atoms. The van der Waals surface area contributed by atoms with E-state index in [0.717, 1.165) is 12.0 Å². The molecule has 0 spiro atoms. The Balaban J connectivity index is 2.77. The lowest BCUT2D eigenvalue weighted by Crippen LogP contribution is -2.12. The molecule has 0 heterocycles. The molecule has 0 amide bonds. The molecule has 1 unspecified atom stereocenters. The first-order valence-electron chi connectivity index (χ1n) is 4.86. The summed E-state index contributed by atoms with van der Waals surface area (Å²) in [5.41, 5.74) is 7.40. The van der Waals surface area contributed by atoms with Crippen LogP contribution in [0.4, 0.5) is 4.39 Å². The van der Waals surface area contributed by atoms with E-state index in [-0.39, 0.29) is 11.1 Å². The predicted octanol–water partition coefficient (Wildman–Crippen LogP) is 3.84. The maximum atomic E-state index is 13.5. The van der Waals surface area contributed by atoms with Crippen molar-refractivity contribution in [1.29, 1.82) is 0 Å². The van der Waals surface area contributed by atoms with Crippen molar-refractivity contribution < 1.29 is 4.39 Å². The summed E-state index contributed by atoms with van der Waals surface area (Å²) in [6.07, 6.45) is 1.49.